The number of esters is 5. The molecule has 3 aliphatic rings. The molecule has 2 N–H and O–H groups in total. The summed E-state index contributed by atoms with van der Waals surface area (Å²) >= 11 is 0. The van der Waals surface area contributed by atoms with E-state index >= 15 is 0 Å². The monoisotopic (exact) mass is 1120 g/mol. The molecule has 1 saturated carbocycles. The van der Waals surface area contributed by atoms with Crippen LogP contribution in [0.3, 0.4) is 0 Å². The maximum atomic E-state index is 14.7. The number of hydrogen-bond donors (Lipinski definition) is 2. The number of aliphatic hydroxyl groups is 2. The molecule has 1 unspecified atom stereocenters. The fraction of sp³-hybridized carbons (Fsp3) is 0.763. The van der Waals surface area contributed by atoms with E-state index in [-0.39, 0.29) is 75.9 Å². The van der Waals surface area contributed by atoms with Gasteiger partial charge in [0.05, 0.1) is 24.4 Å². The molecule has 20 heteroatoms. The summed E-state index contributed by atoms with van der Waals surface area (Å²) in [6.07, 6.45) is 3.88. The lowest BCUT2D eigenvalue weighted by molar-refractivity contribution is -0.302. The average Bonchev–Trinajstić information content (AvgIpc) is 3.40. The lowest BCUT2D eigenvalue weighted by Gasteiger charge is -2.46. The standard InChI is InChI=1S/C59H93NO19/c1-13-15-19-25-60-33-54(67)78-55(38(5)29-43-23-24-46(63)49(31-43)71-10)40(7)48(77-53(66)22-18-16-17-21-52(65)76-45(34-74-41(8)61)35-75-42(9)62)32-47(64)44(20-14-2)27-36(3)26-37(4)28-50(72-11)56-51(73-12)30-39(6)59(70,79-56)57(68)58(60)69/h14,27,29,37,39-40,43-46,48-51,55-56,63,70H,2,13,15-26,28,30-35H2,1,3-12H3/b36-27+,38-29+/t37-,39+,40+,43-,44+,46+,48-,49+,50-,51-,55+,56?,59+/m0/s1. The summed E-state index contributed by atoms with van der Waals surface area (Å²) in [6.45, 7) is 15.9. The number of hydrogen-bond acceptors (Lipinski definition) is 19. The number of carbonyl (C=O) groups is 8. The maximum Gasteiger partial charge on any atom is 0.326 e. The summed E-state index contributed by atoms with van der Waals surface area (Å²) in [5.41, 5.74) is 1.43. The molecule has 3 rings (SSSR count). The summed E-state index contributed by atoms with van der Waals surface area (Å²) in [6, 6.07) is 0. The number of rotatable bonds is 23. The molecule has 448 valence electrons. The smallest absolute Gasteiger partial charge is 0.326 e. The molecule has 13 atom stereocenters. The Morgan fingerprint density at radius 1 is 0.823 bits per heavy atom. The van der Waals surface area contributed by atoms with Crippen molar-refractivity contribution in [3.8, 4) is 0 Å². The summed E-state index contributed by atoms with van der Waals surface area (Å²) < 4.78 is 51.6. The van der Waals surface area contributed by atoms with Gasteiger partial charge in [-0.3, -0.25) is 38.4 Å². The average molecular weight is 1120 g/mol. The first-order valence-corrected chi connectivity index (χ1v) is 28.3. The topological polar surface area (TPSA) is 263 Å². The zero-order valence-corrected chi connectivity index (χ0v) is 48.9. The van der Waals surface area contributed by atoms with Crippen molar-refractivity contribution in [2.75, 3.05) is 47.6 Å². The van der Waals surface area contributed by atoms with Crippen LogP contribution < -0.4 is 0 Å². The number of aliphatic hydroxyl groups excluding tert-OH is 1. The first-order chi connectivity index (χ1) is 37.4. The molecule has 0 radical (unpaired) electrons. The van der Waals surface area contributed by atoms with E-state index in [1.165, 1.54) is 35.2 Å². The minimum atomic E-state index is -2.60. The van der Waals surface area contributed by atoms with E-state index in [1.54, 1.807) is 26.8 Å². The van der Waals surface area contributed by atoms with Gasteiger partial charge in [-0.25, -0.2) is 0 Å². The van der Waals surface area contributed by atoms with E-state index in [0.29, 0.717) is 63.4 Å². The number of carbonyl (C=O) groups excluding carboxylic acids is 8. The van der Waals surface area contributed by atoms with Crippen LogP contribution in [0.2, 0.25) is 0 Å². The van der Waals surface area contributed by atoms with Gasteiger partial charge in [-0.1, -0.05) is 70.8 Å². The van der Waals surface area contributed by atoms with E-state index in [2.05, 4.69) is 6.58 Å². The van der Waals surface area contributed by atoms with Gasteiger partial charge in [0.25, 0.3) is 11.7 Å². The van der Waals surface area contributed by atoms with Crippen LogP contribution in [0, 0.1) is 29.6 Å². The van der Waals surface area contributed by atoms with Gasteiger partial charge in [-0.05, 0) is 95.5 Å². The minimum Gasteiger partial charge on any atom is -0.462 e. The summed E-state index contributed by atoms with van der Waals surface area (Å²) in [7, 11) is 4.52. The number of ketones is 2. The Balaban J connectivity index is 2.10. The second-order valence-electron chi connectivity index (χ2n) is 22.0. The quantitative estimate of drug-likeness (QED) is 0.0350. The Kier molecular flexibility index (Phi) is 29.8. The van der Waals surface area contributed by atoms with Crippen molar-refractivity contribution < 1.29 is 91.2 Å². The molecular formula is C59H93NO19. The van der Waals surface area contributed by atoms with Gasteiger partial charge in [0.15, 0.2) is 6.10 Å². The number of allylic oxidation sites excluding steroid dienone is 4. The number of fused-ring (bicyclic) bond motifs is 2. The number of amides is 1. The number of Topliss-reactive ketones (excluding diaryl/α,β-unsaturated/α-hetero) is 2. The summed E-state index contributed by atoms with van der Waals surface area (Å²) in [5.74, 6) is -11.3. The van der Waals surface area contributed by atoms with Gasteiger partial charge in [0, 0.05) is 78.7 Å². The van der Waals surface area contributed by atoms with E-state index in [9.17, 15) is 48.6 Å². The Labute approximate surface area is 467 Å². The molecule has 2 aliphatic heterocycles. The number of unbranched alkanes of at least 4 members (excludes halogenated alkanes) is 4. The highest BCUT2D eigenvalue weighted by atomic mass is 16.7. The number of ether oxygens (including phenoxy) is 9. The van der Waals surface area contributed by atoms with E-state index in [4.69, 9.17) is 42.6 Å². The third-order valence-corrected chi connectivity index (χ3v) is 15.3. The molecule has 0 aromatic rings. The predicted molar refractivity (Wildman–Crippen MR) is 289 cm³/mol. The Bertz CT molecular complexity index is 2070. The van der Waals surface area contributed by atoms with Crippen molar-refractivity contribution >= 4 is 47.3 Å². The Hall–Kier alpha value is -4.86. The molecule has 79 heavy (non-hydrogen) atoms. The van der Waals surface area contributed by atoms with Crippen molar-refractivity contribution in [1.29, 1.82) is 0 Å². The zero-order valence-electron chi connectivity index (χ0n) is 48.9. The Morgan fingerprint density at radius 3 is 2.04 bits per heavy atom. The van der Waals surface area contributed by atoms with E-state index < -0.39 is 120 Å². The van der Waals surface area contributed by atoms with E-state index in [0.717, 1.165) is 16.9 Å². The van der Waals surface area contributed by atoms with Crippen LogP contribution >= 0.6 is 0 Å². The van der Waals surface area contributed by atoms with Crippen LogP contribution in [0.1, 0.15) is 158 Å². The van der Waals surface area contributed by atoms with Crippen LogP contribution in [0.5, 0.6) is 0 Å². The van der Waals surface area contributed by atoms with Gasteiger partial charge in [0.1, 0.15) is 43.9 Å². The Morgan fingerprint density at radius 2 is 1.44 bits per heavy atom. The fourth-order valence-electron chi connectivity index (χ4n) is 10.8. The van der Waals surface area contributed by atoms with Crippen molar-refractivity contribution in [3.63, 3.8) is 0 Å². The molecule has 2 heterocycles. The van der Waals surface area contributed by atoms with Crippen molar-refractivity contribution in [2.24, 2.45) is 29.6 Å². The van der Waals surface area contributed by atoms with Crippen molar-refractivity contribution in [2.45, 2.75) is 213 Å². The van der Waals surface area contributed by atoms with Gasteiger partial charge < -0.3 is 57.7 Å². The molecule has 1 aliphatic carbocycles. The van der Waals surface area contributed by atoms with Crippen LogP contribution in [-0.2, 0) is 81.0 Å². The SMILES string of the molecule is C=CC[C@@H]1/C=C(\C)C[C@H](C)C[C@H](OC)C2O[C@@](O)(C(=O)C(=O)N(CCCCC)CC(=O)O[C@H](/C(C)=C/[C@@H]3CC[C@@H](O)[C@H](OC)C3)[C@H](C)[C@@H](OC(=O)CCCCCC(=O)OC(COC(C)=O)COC(C)=O)CC1=O)[C@H](C)C[C@@H]2OC. The highest BCUT2D eigenvalue weighted by Crippen LogP contribution is 2.39. The largest absolute Gasteiger partial charge is 0.462 e. The number of methoxy groups -OCH3 is 3. The molecule has 0 aromatic carbocycles. The third-order valence-electron chi connectivity index (χ3n) is 15.3. The molecule has 20 nitrogen and oxygen atoms in total. The molecular weight excluding hydrogens is 1030 g/mol. The van der Waals surface area contributed by atoms with Crippen molar-refractivity contribution in [3.05, 3.63) is 36.0 Å². The third kappa shape index (κ3) is 22.2. The van der Waals surface area contributed by atoms with Gasteiger partial charge in [-0.2, -0.15) is 0 Å². The maximum absolute atomic E-state index is 14.7. The fourth-order valence-corrected chi connectivity index (χ4v) is 10.8. The molecule has 0 aromatic heterocycles. The van der Waals surface area contributed by atoms with Crippen LogP contribution in [0.15, 0.2) is 36.0 Å². The highest BCUT2D eigenvalue weighted by Gasteiger charge is 2.56. The van der Waals surface area contributed by atoms with Gasteiger partial charge in [-0.15, -0.1) is 6.58 Å². The van der Waals surface area contributed by atoms with Gasteiger partial charge >= 0.3 is 29.8 Å². The molecule has 2 fully saturated rings. The number of cyclic esters (lactones) is 1. The first kappa shape index (κ1) is 68.4. The predicted octanol–water partition coefficient (Wildman–Crippen LogP) is 6.82. The number of nitrogens with zero attached hydrogens (tertiary/aromatic N) is 1. The minimum absolute atomic E-state index is 0.0300. The van der Waals surface area contributed by atoms with Crippen molar-refractivity contribution in [1.82, 2.24) is 4.90 Å². The molecule has 1 amide bonds. The van der Waals surface area contributed by atoms with Crippen LogP contribution in [0.25, 0.3) is 0 Å². The lowest BCUT2D eigenvalue weighted by Crippen LogP contribution is -2.63. The van der Waals surface area contributed by atoms with Crippen LogP contribution in [0.4, 0.5) is 0 Å². The second-order valence-corrected chi connectivity index (χ2v) is 22.0. The normalized spacial score (nSPS) is 30.8. The van der Waals surface area contributed by atoms with Gasteiger partial charge in [0.2, 0.25) is 5.79 Å². The molecule has 1 saturated heterocycles. The van der Waals surface area contributed by atoms with Crippen LogP contribution in [-0.4, -0.2) is 165 Å². The van der Waals surface area contributed by atoms with E-state index in [1.807, 2.05) is 32.9 Å². The highest BCUT2D eigenvalue weighted by molar-refractivity contribution is 6.39. The zero-order chi connectivity index (χ0) is 59.0. The molecule has 2 bridgehead atoms. The lowest BCUT2D eigenvalue weighted by atomic mass is 9.81. The molecule has 0 spiro atoms. The first-order valence-electron chi connectivity index (χ1n) is 28.3. The second kappa shape index (κ2) is 34.4. The summed E-state index contributed by atoms with van der Waals surface area (Å²) in [5, 5.41) is 22.9. The summed E-state index contributed by atoms with van der Waals surface area (Å²) in [4.78, 5) is 109.